The molecule has 0 spiro atoms. The van der Waals surface area contributed by atoms with Crippen LogP contribution in [0.5, 0.6) is 5.75 Å². The van der Waals surface area contributed by atoms with Gasteiger partial charge in [-0.1, -0.05) is 42.5 Å². The van der Waals surface area contributed by atoms with Crippen molar-refractivity contribution in [2.75, 3.05) is 0 Å². The Morgan fingerprint density at radius 1 is 1.05 bits per heavy atom. The van der Waals surface area contributed by atoms with Gasteiger partial charge in [-0.05, 0) is 54.9 Å². The Labute approximate surface area is 131 Å². The Morgan fingerprint density at radius 3 is 2.55 bits per heavy atom. The van der Waals surface area contributed by atoms with Crippen molar-refractivity contribution in [3.8, 4) is 5.75 Å². The van der Waals surface area contributed by atoms with Crippen LogP contribution in [0, 0.1) is 25.7 Å². The van der Waals surface area contributed by atoms with E-state index in [0.29, 0.717) is 11.8 Å². The molecule has 0 heterocycles. The molecule has 2 aromatic rings. The fourth-order valence-corrected chi connectivity index (χ4v) is 4.02. The SMILES string of the molecule is Cc1cccc(C)c1OC(=O)[C@@H]1C2CCc3ccccc3C21. The third kappa shape index (κ3) is 2.06. The summed E-state index contributed by atoms with van der Waals surface area (Å²) in [7, 11) is 0. The lowest BCUT2D eigenvalue weighted by Crippen LogP contribution is -2.13. The summed E-state index contributed by atoms with van der Waals surface area (Å²) in [4.78, 5) is 12.6. The zero-order valence-corrected chi connectivity index (χ0v) is 13.0. The van der Waals surface area contributed by atoms with Crippen LogP contribution >= 0.6 is 0 Å². The average molecular weight is 292 g/mol. The van der Waals surface area contributed by atoms with E-state index < -0.39 is 0 Å². The van der Waals surface area contributed by atoms with Crippen molar-refractivity contribution in [1.29, 1.82) is 0 Å². The fraction of sp³-hybridized carbons (Fsp3) is 0.350. The molecule has 0 aliphatic heterocycles. The van der Waals surface area contributed by atoms with Gasteiger partial charge < -0.3 is 4.74 Å². The maximum Gasteiger partial charge on any atom is 0.315 e. The standard InChI is InChI=1S/C20H20O2/c1-12-6-5-7-13(2)19(12)22-20(21)18-16-11-10-14-8-3-4-9-15(14)17(16)18/h3-9,16-18H,10-11H2,1-2H3/t16?,17?,18-/m1/s1. The van der Waals surface area contributed by atoms with Gasteiger partial charge in [0.25, 0.3) is 0 Å². The Hall–Kier alpha value is -2.09. The molecule has 2 unspecified atom stereocenters. The number of benzene rings is 2. The summed E-state index contributed by atoms with van der Waals surface area (Å²) in [6.45, 7) is 3.98. The highest BCUT2D eigenvalue weighted by molar-refractivity contribution is 5.81. The topological polar surface area (TPSA) is 26.3 Å². The molecule has 0 amide bonds. The summed E-state index contributed by atoms with van der Waals surface area (Å²) >= 11 is 0. The van der Waals surface area contributed by atoms with Crippen molar-refractivity contribution < 1.29 is 9.53 Å². The zero-order chi connectivity index (χ0) is 15.3. The number of hydrogen-bond acceptors (Lipinski definition) is 2. The summed E-state index contributed by atoms with van der Waals surface area (Å²) in [6.07, 6.45) is 2.19. The first-order chi connectivity index (χ1) is 10.7. The van der Waals surface area contributed by atoms with Crippen molar-refractivity contribution >= 4 is 5.97 Å². The predicted molar refractivity (Wildman–Crippen MR) is 86.0 cm³/mol. The van der Waals surface area contributed by atoms with Crippen LogP contribution in [0.15, 0.2) is 42.5 Å². The maximum atomic E-state index is 12.6. The summed E-state index contributed by atoms with van der Waals surface area (Å²) in [5, 5.41) is 0. The molecule has 22 heavy (non-hydrogen) atoms. The van der Waals surface area contributed by atoms with Crippen molar-refractivity contribution in [3.63, 3.8) is 0 Å². The molecule has 4 rings (SSSR count). The normalized spacial score (nSPS) is 25.1. The molecule has 3 atom stereocenters. The monoisotopic (exact) mass is 292 g/mol. The number of para-hydroxylation sites is 1. The number of aryl methyl sites for hydroxylation is 3. The molecule has 1 fully saturated rings. The Balaban J connectivity index is 1.57. The highest BCUT2D eigenvalue weighted by Crippen LogP contribution is 2.60. The lowest BCUT2D eigenvalue weighted by atomic mass is 9.92. The van der Waals surface area contributed by atoms with Gasteiger partial charge in [0, 0.05) is 5.92 Å². The van der Waals surface area contributed by atoms with Gasteiger partial charge in [-0.15, -0.1) is 0 Å². The third-order valence-corrected chi connectivity index (χ3v) is 5.21. The summed E-state index contributed by atoms with van der Waals surface area (Å²) in [5.74, 6) is 1.59. The van der Waals surface area contributed by atoms with Crippen molar-refractivity contribution in [2.45, 2.75) is 32.6 Å². The molecule has 0 aromatic heterocycles. The highest BCUT2D eigenvalue weighted by Gasteiger charge is 2.58. The second-order valence-electron chi connectivity index (χ2n) is 6.59. The van der Waals surface area contributed by atoms with Gasteiger partial charge in [0.15, 0.2) is 0 Å². The Kier molecular flexibility index (Phi) is 3.07. The van der Waals surface area contributed by atoms with E-state index in [9.17, 15) is 4.79 Å². The summed E-state index contributed by atoms with van der Waals surface area (Å²) in [6, 6.07) is 14.5. The Morgan fingerprint density at radius 2 is 1.77 bits per heavy atom. The minimum atomic E-state index is -0.0518. The quantitative estimate of drug-likeness (QED) is 0.613. The van der Waals surface area contributed by atoms with E-state index in [4.69, 9.17) is 4.74 Å². The van der Waals surface area contributed by atoms with Crippen LogP contribution in [0.2, 0.25) is 0 Å². The average Bonchev–Trinajstić information content (AvgIpc) is 3.26. The third-order valence-electron chi connectivity index (χ3n) is 5.21. The molecule has 0 radical (unpaired) electrons. The maximum absolute atomic E-state index is 12.6. The second kappa shape index (κ2) is 4.98. The van der Waals surface area contributed by atoms with E-state index in [1.54, 1.807) is 0 Å². The van der Waals surface area contributed by atoms with Gasteiger partial charge in [-0.25, -0.2) is 0 Å². The van der Waals surface area contributed by atoms with Gasteiger partial charge in [0.2, 0.25) is 0 Å². The predicted octanol–water partition coefficient (Wildman–Crippen LogP) is 4.18. The molecule has 0 bridgehead atoms. The molecule has 0 N–H and O–H groups in total. The number of ether oxygens (including phenoxy) is 1. The second-order valence-corrected chi connectivity index (χ2v) is 6.59. The molecule has 1 saturated carbocycles. The van der Waals surface area contributed by atoms with E-state index in [1.165, 1.54) is 11.1 Å². The Bertz CT molecular complexity index is 727. The number of rotatable bonds is 2. The first-order valence-electron chi connectivity index (χ1n) is 8.02. The van der Waals surface area contributed by atoms with Gasteiger partial charge in [0.1, 0.15) is 5.75 Å². The molecular formula is C20H20O2. The zero-order valence-electron chi connectivity index (χ0n) is 13.0. The van der Waals surface area contributed by atoms with Gasteiger partial charge in [-0.2, -0.15) is 0 Å². The number of hydrogen-bond donors (Lipinski definition) is 0. The molecule has 112 valence electrons. The number of esters is 1. The van der Waals surface area contributed by atoms with Gasteiger partial charge in [-0.3, -0.25) is 4.79 Å². The lowest BCUT2D eigenvalue weighted by molar-refractivity contribution is -0.136. The number of fused-ring (bicyclic) bond motifs is 3. The molecule has 2 nitrogen and oxygen atoms in total. The minimum absolute atomic E-state index is 0.0441. The lowest BCUT2D eigenvalue weighted by Gasteiger charge is -2.13. The molecule has 2 aliphatic rings. The van der Waals surface area contributed by atoms with Crippen LogP contribution in [-0.2, 0) is 11.2 Å². The van der Waals surface area contributed by atoms with E-state index >= 15 is 0 Å². The summed E-state index contributed by atoms with van der Waals surface area (Å²) in [5.41, 5.74) is 4.82. The number of carbonyl (C=O) groups is 1. The van der Waals surface area contributed by atoms with E-state index in [-0.39, 0.29) is 11.9 Å². The van der Waals surface area contributed by atoms with Crippen molar-refractivity contribution in [1.82, 2.24) is 0 Å². The fourth-order valence-electron chi connectivity index (χ4n) is 4.02. The first-order valence-corrected chi connectivity index (χ1v) is 8.02. The molecule has 0 saturated heterocycles. The molecule has 2 aliphatic carbocycles. The van der Waals surface area contributed by atoms with E-state index in [2.05, 4.69) is 24.3 Å². The minimum Gasteiger partial charge on any atom is -0.426 e. The van der Waals surface area contributed by atoms with E-state index in [0.717, 1.165) is 29.7 Å². The van der Waals surface area contributed by atoms with Crippen LogP contribution in [0.1, 0.15) is 34.6 Å². The highest BCUT2D eigenvalue weighted by atomic mass is 16.5. The van der Waals surface area contributed by atoms with Gasteiger partial charge in [0.05, 0.1) is 5.92 Å². The first kappa shape index (κ1) is 13.6. The van der Waals surface area contributed by atoms with Crippen molar-refractivity contribution in [2.24, 2.45) is 11.8 Å². The van der Waals surface area contributed by atoms with Crippen LogP contribution in [0.4, 0.5) is 0 Å². The number of carbonyl (C=O) groups excluding carboxylic acids is 1. The van der Waals surface area contributed by atoms with Crippen LogP contribution < -0.4 is 4.74 Å². The largest absolute Gasteiger partial charge is 0.426 e. The summed E-state index contributed by atoms with van der Waals surface area (Å²) < 4.78 is 5.77. The van der Waals surface area contributed by atoms with Crippen LogP contribution in [-0.4, -0.2) is 5.97 Å². The van der Waals surface area contributed by atoms with E-state index in [1.807, 2.05) is 32.0 Å². The van der Waals surface area contributed by atoms with Gasteiger partial charge >= 0.3 is 5.97 Å². The van der Waals surface area contributed by atoms with Crippen LogP contribution in [0.3, 0.4) is 0 Å². The van der Waals surface area contributed by atoms with Crippen molar-refractivity contribution in [3.05, 3.63) is 64.7 Å². The molecule has 2 heteroatoms. The molecular weight excluding hydrogens is 272 g/mol. The van der Waals surface area contributed by atoms with Crippen LogP contribution in [0.25, 0.3) is 0 Å². The smallest absolute Gasteiger partial charge is 0.315 e. The molecule has 2 aromatic carbocycles.